The monoisotopic (exact) mass is 442 g/mol. The van der Waals surface area contributed by atoms with Gasteiger partial charge in [-0.3, -0.25) is 5.32 Å². The van der Waals surface area contributed by atoms with Crippen LogP contribution in [0.1, 0.15) is 34.7 Å². The Hall–Kier alpha value is -4.39. The zero-order valence-corrected chi connectivity index (χ0v) is 18.1. The quantitative estimate of drug-likeness (QED) is 0.362. The van der Waals surface area contributed by atoms with Crippen molar-refractivity contribution in [2.24, 2.45) is 0 Å². The Morgan fingerprint density at radius 3 is 2.09 bits per heavy atom. The van der Waals surface area contributed by atoms with Crippen LogP contribution >= 0.6 is 0 Å². The Bertz CT molecular complexity index is 1260. The standard InChI is InChI=1S/C26H22N2O5/c1-16(18-6-4-3-5-7-18)32-26(31)27-23-17(2)33-28-24(23)21-12-8-19(9-13-21)20-10-14-22(15-11-20)25(29)30/h3-16H,1-2H3,(H,27,31)(H,29,30). The van der Waals surface area contributed by atoms with E-state index in [9.17, 15) is 9.59 Å². The Morgan fingerprint density at radius 2 is 1.48 bits per heavy atom. The number of carbonyl (C=O) groups excluding carboxylic acids is 1. The molecule has 0 aliphatic carbocycles. The summed E-state index contributed by atoms with van der Waals surface area (Å²) < 4.78 is 10.8. The van der Waals surface area contributed by atoms with E-state index in [-0.39, 0.29) is 5.56 Å². The number of rotatable bonds is 6. The van der Waals surface area contributed by atoms with E-state index in [1.165, 1.54) is 0 Å². The van der Waals surface area contributed by atoms with E-state index in [1.807, 2.05) is 54.6 Å². The number of aromatic nitrogens is 1. The number of nitrogens with zero attached hydrogens (tertiary/aromatic N) is 1. The van der Waals surface area contributed by atoms with Crippen LogP contribution in [0.4, 0.5) is 10.5 Å². The molecule has 0 bridgehead atoms. The molecule has 0 saturated heterocycles. The second kappa shape index (κ2) is 9.40. The highest BCUT2D eigenvalue weighted by molar-refractivity contribution is 5.91. The minimum Gasteiger partial charge on any atom is -0.478 e. The maximum Gasteiger partial charge on any atom is 0.412 e. The molecule has 2 N–H and O–H groups in total. The van der Waals surface area contributed by atoms with Crippen molar-refractivity contribution in [2.75, 3.05) is 5.32 Å². The molecule has 1 amide bonds. The molecule has 0 spiro atoms. The second-order valence-corrected chi connectivity index (χ2v) is 7.51. The van der Waals surface area contributed by atoms with Crippen LogP contribution < -0.4 is 5.32 Å². The number of carboxylic acids is 1. The van der Waals surface area contributed by atoms with Crippen LogP contribution in [0, 0.1) is 6.92 Å². The fraction of sp³-hybridized carbons (Fsp3) is 0.115. The van der Waals surface area contributed by atoms with E-state index in [1.54, 1.807) is 38.1 Å². The summed E-state index contributed by atoms with van der Waals surface area (Å²) in [6.07, 6.45) is -1.02. The molecule has 0 fully saturated rings. The van der Waals surface area contributed by atoms with Gasteiger partial charge in [-0.2, -0.15) is 0 Å². The lowest BCUT2D eigenvalue weighted by Crippen LogP contribution is -2.16. The van der Waals surface area contributed by atoms with E-state index >= 15 is 0 Å². The number of carboxylic acid groups (broad SMARTS) is 1. The van der Waals surface area contributed by atoms with Crippen molar-refractivity contribution in [1.29, 1.82) is 0 Å². The number of nitrogens with one attached hydrogen (secondary N) is 1. The smallest absolute Gasteiger partial charge is 0.412 e. The van der Waals surface area contributed by atoms with Crippen LogP contribution in [0.5, 0.6) is 0 Å². The molecular weight excluding hydrogens is 420 g/mol. The SMILES string of the molecule is Cc1onc(-c2ccc(-c3ccc(C(=O)O)cc3)cc2)c1NC(=O)OC(C)c1ccccc1. The predicted octanol–water partition coefficient (Wildman–Crippen LogP) is 6.32. The number of hydrogen-bond acceptors (Lipinski definition) is 5. The molecule has 4 rings (SSSR count). The number of aromatic carboxylic acids is 1. The summed E-state index contributed by atoms with van der Waals surface area (Å²) in [5.41, 5.74) is 4.62. The fourth-order valence-corrected chi connectivity index (χ4v) is 3.43. The Labute approximate surface area is 190 Å². The van der Waals surface area contributed by atoms with Gasteiger partial charge in [0, 0.05) is 5.56 Å². The van der Waals surface area contributed by atoms with Gasteiger partial charge in [-0.05, 0) is 42.7 Å². The molecule has 3 aromatic carbocycles. The average Bonchev–Trinajstić information content (AvgIpc) is 3.19. The first-order chi connectivity index (χ1) is 15.9. The number of carbonyl (C=O) groups is 2. The maximum atomic E-state index is 12.5. The van der Waals surface area contributed by atoms with Gasteiger partial charge in [-0.15, -0.1) is 0 Å². The third-order valence-corrected chi connectivity index (χ3v) is 5.27. The third kappa shape index (κ3) is 4.93. The average molecular weight is 442 g/mol. The largest absolute Gasteiger partial charge is 0.478 e. The van der Waals surface area contributed by atoms with Crippen molar-refractivity contribution >= 4 is 17.7 Å². The van der Waals surface area contributed by atoms with Gasteiger partial charge >= 0.3 is 12.1 Å². The van der Waals surface area contributed by atoms with Crippen molar-refractivity contribution in [1.82, 2.24) is 5.16 Å². The number of ether oxygens (including phenoxy) is 1. The third-order valence-electron chi connectivity index (χ3n) is 5.27. The van der Waals surface area contributed by atoms with Crippen LogP contribution in [0.15, 0.2) is 83.4 Å². The van der Waals surface area contributed by atoms with Gasteiger partial charge in [0.2, 0.25) is 0 Å². The lowest BCUT2D eigenvalue weighted by atomic mass is 10.0. The summed E-state index contributed by atoms with van der Waals surface area (Å²) in [7, 11) is 0. The first-order valence-electron chi connectivity index (χ1n) is 10.4. The molecule has 1 unspecified atom stereocenters. The molecule has 1 heterocycles. The van der Waals surface area contributed by atoms with Crippen LogP contribution in [0.2, 0.25) is 0 Å². The Balaban J connectivity index is 1.50. The van der Waals surface area contributed by atoms with Crippen molar-refractivity contribution in [3.05, 3.63) is 95.7 Å². The van der Waals surface area contributed by atoms with Crippen molar-refractivity contribution in [3.8, 4) is 22.4 Å². The summed E-state index contributed by atoms with van der Waals surface area (Å²) in [4.78, 5) is 23.5. The molecule has 0 aliphatic heterocycles. The lowest BCUT2D eigenvalue weighted by Gasteiger charge is -2.14. The summed E-state index contributed by atoms with van der Waals surface area (Å²) in [6.45, 7) is 3.52. The van der Waals surface area contributed by atoms with Gasteiger partial charge in [0.25, 0.3) is 0 Å². The summed E-state index contributed by atoms with van der Waals surface area (Å²) in [5, 5.41) is 15.9. The predicted molar refractivity (Wildman–Crippen MR) is 124 cm³/mol. The van der Waals surface area contributed by atoms with Crippen molar-refractivity contribution in [3.63, 3.8) is 0 Å². The van der Waals surface area contributed by atoms with Gasteiger partial charge in [-0.25, -0.2) is 9.59 Å². The normalized spacial score (nSPS) is 11.6. The van der Waals surface area contributed by atoms with E-state index in [4.69, 9.17) is 14.4 Å². The number of benzene rings is 3. The van der Waals surface area contributed by atoms with E-state index in [2.05, 4.69) is 10.5 Å². The zero-order valence-electron chi connectivity index (χ0n) is 18.1. The molecule has 1 atom stereocenters. The van der Waals surface area contributed by atoms with Gasteiger partial charge in [0.15, 0.2) is 5.76 Å². The Morgan fingerprint density at radius 1 is 0.909 bits per heavy atom. The Kier molecular flexibility index (Phi) is 6.22. The van der Waals surface area contributed by atoms with Crippen molar-refractivity contribution < 1.29 is 24.0 Å². The zero-order chi connectivity index (χ0) is 23.4. The summed E-state index contributed by atoms with van der Waals surface area (Å²) in [6, 6.07) is 23.6. The van der Waals surface area contributed by atoms with Crippen LogP contribution in [0.25, 0.3) is 22.4 Å². The fourth-order valence-electron chi connectivity index (χ4n) is 3.43. The molecule has 7 heteroatoms. The van der Waals surface area contributed by atoms with E-state index in [0.717, 1.165) is 22.3 Å². The highest BCUT2D eigenvalue weighted by Crippen LogP contribution is 2.32. The minimum atomic E-state index is -0.963. The van der Waals surface area contributed by atoms with Crippen LogP contribution in [0.3, 0.4) is 0 Å². The van der Waals surface area contributed by atoms with Gasteiger partial charge in [-0.1, -0.05) is 71.9 Å². The molecular formula is C26H22N2O5. The van der Waals surface area contributed by atoms with Gasteiger partial charge in [0.05, 0.1) is 5.56 Å². The number of aryl methyl sites for hydroxylation is 1. The topological polar surface area (TPSA) is 102 Å². The van der Waals surface area contributed by atoms with E-state index < -0.39 is 18.2 Å². The highest BCUT2D eigenvalue weighted by Gasteiger charge is 2.19. The molecule has 0 aliphatic rings. The summed E-state index contributed by atoms with van der Waals surface area (Å²) >= 11 is 0. The molecule has 1 aromatic heterocycles. The molecule has 0 saturated carbocycles. The first-order valence-corrected chi connectivity index (χ1v) is 10.4. The van der Waals surface area contributed by atoms with Crippen LogP contribution in [-0.2, 0) is 4.74 Å². The number of anilines is 1. The maximum absolute atomic E-state index is 12.5. The molecule has 7 nitrogen and oxygen atoms in total. The molecule has 0 radical (unpaired) electrons. The first kappa shape index (κ1) is 21.8. The highest BCUT2D eigenvalue weighted by atomic mass is 16.6. The van der Waals surface area contributed by atoms with E-state index in [0.29, 0.717) is 17.1 Å². The number of amides is 1. The van der Waals surface area contributed by atoms with Crippen molar-refractivity contribution in [2.45, 2.75) is 20.0 Å². The summed E-state index contributed by atoms with van der Waals surface area (Å²) in [5.74, 6) is -0.502. The second-order valence-electron chi connectivity index (χ2n) is 7.51. The molecule has 33 heavy (non-hydrogen) atoms. The van der Waals surface area contributed by atoms with Gasteiger partial charge in [0.1, 0.15) is 17.5 Å². The minimum absolute atomic E-state index is 0.234. The molecule has 4 aromatic rings. The number of hydrogen-bond donors (Lipinski definition) is 2. The lowest BCUT2D eigenvalue weighted by molar-refractivity contribution is 0.0696. The van der Waals surface area contributed by atoms with Gasteiger partial charge < -0.3 is 14.4 Å². The van der Waals surface area contributed by atoms with Crippen LogP contribution in [-0.4, -0.2) is 22.3 Å². The molecule has 166 valence electrons.